The SMILES string of the molecule is CN(N=Cc1ccc(C#N)cc1)C(=O)c1[nH]c2ccccc2c1-c1ccccc1. The van der Waals surface area contributed by atoms with Gasteiger partial charge in [0, 0.05) is 23.5 Å². The third-order valence-electron chi connectivity index (χ3n) is 4.70. The maximum absolute atomic E-state index is 13.2. The number of H-pyrrole nitrogens is 1. The van der Waals surface area contributed by atoms with E-state index in [2.05, 4.69) is 16.2 Å². The quantitative estimate of drug-likeness (QED) is 0.409. The molecule has 140 valence electrons. The highest BCUT2D eigenvalue weighted by Gasteiger charge is 2.21. The number of aromatic nitrogens is 1. The molecule has 0 saturated carbocycles. The molecule has 0 spiro atoms. The second-order valence-corrected chi connectivity index (χ2v) is 6.59. The normalized spacial score (nSPS) is 10.9. The van der Waals surface area contributed by atoms with Crippen LogP contribution in [0.3, 0.4) is 0 Å². The summed E-state index contributed by atoms with van der Waals surface area (Å²) in [6.07, 6.45) is 1.60. The van der Waals surface area contributed by atoms with Gasteiger partial charge in [0.15, 0.2) is 0 Å². The van der Waals surface area contributed by atoms with Gasteiger partial charge in [0.05, 0.1) is 17.8 Å². The van der Waals surface area contributed by atoms with Gasteiger partial charge in [0.2, 0.25) is 0 Å². The smallest absolute Gasteiger partial charge is 0.290 e. The number of nitriles is 1. The number of fused-ring (bicyclic) bond motifs is 1. The molecule has 0 saturated heterocycles. The second-order valence-electron chi connectivity index (χ2n) is 6.59. The summed E-state index contributed by atoms with van der Waals surface area (Å²) < 4.78 is 0. The number of nitrogens with one attached hydrogen (secondary N) is 1. The van der Waals surface area contributed by atoms with Crippen LogP contribution < -0.4 is 0 Å². The Morgan fingerprint density at radius 1 is 1.00 bits per heavy atom. The van der Waals surface area contributed by atoms with Crippen LogP contribution in [0.5, 0.6) is 0 Å². The molecule has 4 aromatic rings. The van der Waals surface area contributed by atoms with Gasteiger partial charge in [0.1, 0.15) is 5.69 Å². The zero-order valence-electron chi connectivity index (χ0n) is 15.8. The lowest BCUT2D eigenvalue weighted by atomic mass is 10.0. The van der Waals surface area contributed by atoms with Crippen molar-refractivity contribution in [3.05, 3.63) is 95.7 Å². The van der Waals surface area contributed by atoms with Gasteiger partial charge in [0.25, 0.3) is 5.91 Å². The van der Waals surface area contributed by atoms with Gasteiger partial charge in [-0.15, -0.1) is 0 Å². The fourth-order valence-corrected chi connectivity index (χ4v) is 3.22. The zero-order valence-corrected chi connectivity index (χ0v) is 15.8. The summed E-state index contributed by atoms with van der Waals surface area (Å²) in [4.78, 5) is 16.4. The highest BCUT2D eigenvalue weighted by Crippen LogP contribution is 2.32. The molecular formula is C24H18N4O. The predicted octanol–water partition coefficient (Wildman–Crippen LogP) is 4.81. The summed E-state index contributed by atoms with van der Waals surface area (Å²) in [5.74, 6) is -0.232. The number of hydrogen-bond donors (Lipinski definition) is 1. The number of hydrazone groups is 1. The van der Waals surface area contributed by atoms with Crippen molar-refractivity contribution in [3.8, 4) is 17.2 Å². The summed E-state index contributed by atoms with van der Waals surface area (Å²) in [7, 11) is 1.63. The molecule has 1 heterocycles. The van der Waals surface area contributed by atoms with Crippen LogP contribution in [0.15, 0.2) is 84.0 Å². The minimum Gasteiger partial charge on any atom is -0.350 e. The summed E-state index contributed by atoms with van der Waals surface area (Å²) >= 11 is 0. The lowest BCUT2D eigenvalue weighted by molar-refractivity contribution is 0.0796. The lowest BCUT2D eigenvalue weighted by Crippen LogP contribution is -2.22. The molecule has 0 atom stereocenters. The molecule has 0 aliphatic carbocycles. The fourth-order valence-electron chi connectivity index (χ4n) is 3.22. The number of hydrogen-bond acceptors (Lipinski definition) is 3. The number of aromatic amines is 1. The van der Waals surface area contributed by atoms with E-state index in [1.54, 1.807) is 37.5 Å². The molecular weight excluding hydrogens is 360 g/mol. The van der Waals surface area contributed by atoms with Crippen molar-refractivity contribution in [2.75, 3.05) is 7.05 Å². The van der Waals surface area contributed by atoms with E-state index in [0.717, 1.165) is 27.6 Å². The fraction of sp³-hybridized carbons (Fsp3) is 0.0417. The molecule has 5 nitrogen and oxygen atoms in total. The largest absolute Gasteiger partial charge is 0.350 e. The van der Waals surface area contributed by atoms with Gasteiger partial charge < -0.3 is 4.98 Å². The molecule has 1 N–H and O–H groups in total. The Morgan fingerprint density at radius 2 is 1.69 bits per heavy atom. The molecule has 5 heteroatoms. The van der Waals surface area contributed by atoms with Gasteiger partial charge in [-0.1, -0.05) is 60.7 Å². The van der Waals surface area contributed by atoms with Crippen molar-refractivity contribution in [2.24, 2.45) is 5.10 Å². The van der Waals surface area contributed by atoms with Crippen LogP contribution in [-0.4, -0.2) is 29.2 Å². The molecule has 0 unspecified atom stereocenters. The molecule has 0 aliphatic rings. The maximum atomic E-state index is 13.2. The van der Waals surface area contributed by atoms with Gasteiger partial charge in [-0.05, 0) is 29.3 Å². The van der Waals surface area contributed by atoms with E-state index >= 15 is 0 Å². The van der Waals surface area contributed by atoms with Crippen LogP contribution in [-0.2, 0) is 0 Å². The van der Waals surface area contributed by atoms with E-state index in [0.29, 0.717) is 11.3 Å². The Labute approximate surface area is 168 Å². The van der Waals surface area contributed by atoms with Gasteiger partial charge in [-0.2, -0.15) is 10.4 Å². The minimum absolute atomic E-state index is 0.232. The third-order valence-corrected chi connectivity index (χ3v) is 4.70. The average Bonchev–Trinajstić information content (AvgIpc) is 3.17. The van der Waals surface area contributed by atoms with E-state index in [9.17, 15) is 4.79 Å². The lowest BCUT2D eigenvalue weighted by Gasteiger charge is -2.12. The maximum Gasteiger partial charge on any atom is 0.290 e. The van der Waals surface area contributed by atoms with E-state index < -0.39 is 0 Å². The zero-order chi connectivity index (χ0) is 20.2. The number of amides is 1. The monoisotopic (exact) mass is 378 g/mol. The minimum atomic E-state index is -0.232. The molecule has 1 amide bonds. The van der Waals surface area contributed by atoms with Gasteiger partial charge >= 0.3 is 0 Å². The van der Waals surface area contributed by atoms with Crippen LogP contribution in [0.2, 0.25) is 0 Å². The summed E-state index contributed by atoms with van der Waals surface area (Å²) in [5, 5.41) is 15.5. The van der Waals surface area contributed by atoms with Gasteiger partial charge in [-0.3, -0.25) is 4.79 Å². The number of carbonyl (C=O) groups excluding carboxylic acids is 1. The molecule has 29 heavy (non-hydrogen) atoms. The van der Waals surface area contributed by atoms with E-state index in [1.807, 2.05) is 54.6 Å². The predicted molar refractivity (Wildman–Crippen MR) is 115 cm³/mol. The Bertz CT molecular complexity index is 1230. The number of benzene rings is 3. The summed E-state index contributed by atoms with van der Waals surface area (Å²) in [5.41, 5.74) is 4.63. The Balaban J connectivity index is 1.69. The Morgan fingerprint density at radius 3 is 2.41 bits per heavy atom. The summed E-state index contributed by atoms with van der Waals surface area (Å²) in [6.45, 7) is 0. The van der Waals surface area contributed by atoms with Crippen LogP contribution >= 0.6 is 0 Å². The van der Waals surface area contributed by atoms with Gasteiger partial charge in [-0.25, -0.2) is 5.01 Å². The van der Waals surface area contributed by atoms with E-state index in [1.165, 1.54) is 5.01 Å². The molecule has 0 aliphatic heterocycles. The first kappa shape index (κ1) is 18.2. The van der Waals surface area contributed by atoms with E-state index in [-0.39, 0.29) is 5.91 Å². The molecule has 0 bridgehead atoms. The number of rotatable bonds is 4. The van der Waals surface area contributed by atoms with Crippen LogP contribution in [0, 0.1) is 11.3 Å². The van der Waals surface area contributed by atoms with Crippen molar-refractivity contribution in [3.63, 3.8) is 0 Å². The molecule has 4 rings (SSSR count). The number of nitrogens with zero attached hydrogens (tertiary/aromatic N) is 3. The van der Waals surface area contributed by atoms with Crippen LogP contribution in [0.4, 0.5) is 0 Å². The van der Waals surface area contributed by atoms with Crippen molar-refractivity contribution < 1.29 is 4.79 Å². The standard InChI is InChI=1S/C24H18N4O/c1-28(26-16-18-13-11-17(15-25)12-14-18)24(29)23-22(19-7-3-2-4-8-19)20-9-5-6-10-21(20)27-23/h2-14,16,27H,1H3. The number of carbonyl (C=O) groups is 1. The van der Waals surface area contributed by atoms with Crippen LogP contribution in [0.1, 0.15) is 21.6 Å². The van der Waals surface area contributed by atoms with Crippen molar-refractivity contribution in [1.29, 1.82) is 5.26 Å². The molecule has 3 aromatic carbocycles. The topological polar surface area (TPSA) is 72.2 Å². The molecule has 1 aromatic heterocycles. The third kappa shape index (κ3) is 3.64. The number of para-hydroxylation sites is 1. The van der Waals surface area contributed by atoms with Crippen molar-refractivity contribution >= 4 is 23.0 Å². The Kier molecular flexibility index (Phi) is 4.91. The molecule has 0 fully saturated rings. The van der Waals surface area contributed by atoms with Crippen molar-refractivity contribution in [2.45, 2.75) is 0 Å². The highest BCUT2D eigenvalue weighted by molar-refractivity contribution is 6.09. The second kappa shape index (κ2) is 7.83. The highest BCUT2D eigenvalue weighted by atomic mass is 16.2. The van der Waals surface area contributed by atoms with Crippen molar-refractivity contribution in [1.82, 2.24) is 9.99 Å². The van der Waals surface area contributed by atoms with Crippen LogP contribution in [0.25, 0.3) is 22.0 Å². The average molecular weight is 378 g/mol. The molecule has 0 radical (unpaired) electrons. The summed E-state index contributed by atoms with van der Waals surface area (Å²) in [6, 6.07) is 26.8. The van der Waals surface area contributed by atoms with E-state index in [4.69, 9.17) is 5.26 Å². The first-order valence-corrected chi connectivity index (χ1v) is 9.15. The first-order valence-electron chi connectivity index (χ1n) is 9.15. The Hall–Kier alpha value is -4.17. The first-order chi connectivity index (χ1) is 14.2.